The molecule has 0 spiro atoms. The number of nitrogens with one attached hydrogen (secondary N) is 1. The fraction of sp³-hybridized carbons (Fsp3) is 0.200. The Kier molecular flexibility index (Phi) is 3.78. The minimum atomic E-state index is 0.469. The fourth-order valence-electron chi connectivity index (χ4n) is 1.20. The normalized spacial score (nSPS) is 10.4. The van der Waals surface area contributed by atoms with Crippen molar-refractivity contribution in [3.8, 4) is 0 Å². The van der Waals surface area contributed by atoms with Gasteiger partial charge in [-0.2, -0.15) is 0 Å². The van der Waals surface area contributed by atoms with Crippen LogP contribution < -0.4 is 5.32 Å². The molecule has 0 unspecified atom stereocenters. The molecule has 2 aromatic heterocycles. The smallest absolute Gasteiger partial charge is 0.152 e. The molecule has 0 bridgehead atoms. The molecule has 84 valence electrons. The lowest BCUT2D eigenvalue weighted by Crippen LogP contribution is -2.00. The Morgan fingerprint density at radius 1 is 1.56 bits per heavy atom. The molecule has 0 radical (unpaired) electrons. The highest BCUT2D eigenvalue weighted by molar-refractivity contribution is 9.10. The van der Waals surface area contributed by atoms with Gasteiger partial charge in [0.1, 0.15) is 5.01 Å². The number of anilines is 1. The first kappa shape index (κ1) is 11.8. The molecule has 0 atom stereocenters. The van der Waals surface area contributed by atoms with E-state index in [0.717, 1.165) is 20.9 Å². The van der Waals surface area contributed by atoms with Gasteiger partial charge in [-0.25, -0.2) is 9.97 Å². The van der Waals surface area contributed by atoms with E-state index in [4.69, 9.17) is 11.6 Å². The quantitative estimate of drug-likeness (QED) is 0.873. The number of thiazole rings is 1. The zero-order valence-electron chi connectivity index (χ0n) is 8.50. The molecule has 2 heterocycles. The zero-order chi connectivity index (χ0) is 11.5. The summed E-state index contributed by atoms with van der Waals surface area (Å²) in [6.07, 6.45) is 1.67. The van der Waals surface area contributed by atoms with Gasteiger partial charge in [0.25, 0.3) is 0 Å². The molecule has 0 fully saturated rings. The van der Waals surface area contributed by atoms with Crippen molar-refractivity contribution in [2.24, 2.45) is 0 Å². The Morgan fingerprint density at radius 3 is 3.06 bits per heavy atom. The van der Waals surface area contributed by atoms with Crippen molar-refractivity contribution < 1.29 is 0 Å². The van der Waals surface area contributed by atoms with E-state index in [0.29, 0.717) is 11.7 Å². The molecule has 16 heavy (non-hydrogen) atoms. The van der Waals surface area contributed by atoms with Gasteiger partial charge in [-0.15, -0.1) is 11.3 Å². The van der Waals surface area contributed by atoms with Crippen LogP contribution in [0.15, 0.2) is 22.1 Å². The number of hydrogen-bond donors (Lipinski definition) is 1. The van der Waals surface area contributed by atoms with Crippen molar-refractivity contribution in [3.05, 3.63) is 38.0 Å². The second-order valence-corrected chi connectivity index (χ2v) is 5.44. The summed E-state index contributed by atoms with van der Waals surface area (Å²) in [6.45, 7) is 2.64. The largest absolute Gasteiger partial charge is 0.376 e. The van der Waals surface area contributed by atoms with Gasteiger partial charge in [0.15, 0.2) is 5.15 Å². The number of aromatic nitrogens is 2. The number of nitrogens with zero attached hydrogens (tertiary/aromatic N) is 2. The van der Waals surface area contributed by atoms with Crippen molar-refractivity contribution in [2.75, 3.05) is 5.32 Å². The Labute approximate surface area is 111 Å². The third kappa shape index (κ3) is 2.93. The molecular formula is C10H9BrClN3S. The number of rotatable bonds is 3. The molecule has 2 aromatic rings. The maximum Gasteiger partial charge on any atom is 0.152 e. The second kappa shape index (κ2) is 5.12. The van der Waals surface area contributed by atoms with Crippen LogP contribution in [-0.2, 0) is 6.54 Å². The van der Waals surface area contributed by atoms with E-state index in [-0.39, 0.29) is 0 Å². The van der Waals surface area contributed by atoms with E-state index in [1.807, 2.05) is 18.4 Å². The van der Waals surface area contributed by atoms with E-state index in [1.54, 1.807) is 17.5 Å². The Morgan fingerprint density at radius 2 is 2.38 bits per heavy atom. The number of aryl methyl sites for hydroxylation is 1. The maximum absolute atomic E-state index is 5.96. The van der Waals surface area contributed by atoms with Crippen molar-refractivity contribution in [3.63, 3.8) is 0 Å². The van der Waals surface area contributed by atoms with E-state index in [1.165, 1.54) is 0 Å². The van der Waals surface area contributed by atoms with Crippen LogP contribution >= 0.6 is 38.9 Å². The third-order valence-corrected chi connectivity index (χ3v) is 3.60. The Balaban J connectivity index is 2.07. The van der Waals surface area contributed by atoms with Crippen LogP contribution in [0.4, 0.5) is 5.69 Å². The highest BCUT2D eigenvalue weighted by Gasteiger charge is 2.03. The first-order chi connectivity index (χ1) is 7.65. The maximum atomic E-state index is 5.96. The predicted octanol–water partition coefficient (Wildman–Crippen LogP) is 3.87. The molecule has 1 N–H and O–H groups in total. The lowest BCUT2D eigenvalue weighted by Gasteiger charge is -2.05. The van der Waals surface area contributed by atoms with Gasteiger partial charge in [-0.3, -0.25) is 0 Å². The lowest BCUT2D eigenvalue weighted by atomic mass is 10.4. The number of hydrogen-bond acceptors (Lipinski definition) is 4. The van der Waals surface area contributed by atoms with Gasteiger partial charge in [-0.1, -0.05) is 11.6 Å². The summed E-state index contributed by atoms with van der Waals surface area (Å²) in [5.41, 5.74) is 1.85. The monoisotopic (exact) mass is 317 g/mol. The average Bonchev–Trinajstić information content (AvgIpc) is 2.66. The molecule has 3 nitrogen and oxygen atoms in total. The third-order valence-electron chi connectivity index (χ3n) is 1.90. The summed E-state index contributed by atoms with van der Waals surface area (Å²) in [4.78, 5) is 8.39. The molecule has 0 amide bonds. The molecular weight excluding hydrogens is 310 g/mol. The summed E-state index contributed by atoms with van der Waals surface area (Å²) in [7, 11) is 0. The highest BCUT2D eigenvalue weighted by Crippen LogP contribution is 2.23. The number of halogens is 2. The van der Waals surface area contributed by atoms with Gasteiger partial charge in [-0.05, 0) is 28.9 Å². The fourth-order valence-corrected chi connectivity index (χ4v) is 2.41. The first-order valence-electron chi connectivity index (χ1n) is 4.61. The molecule has 2 rings (SSSR count). The number of pyridine rings is 1. The molecule has 0 saturated carbocycles. The topological polar surface area (TPSA) is 37.8 Å². The van der Waals surface area contributed by atoms with Crippen molar-refractivity contribution in [2.45, 2.75) is 13.5 Å². The molecule has 0 aliphatic heterocycles. The van der Waals surface area contributed by atoms with Crippen LogP contribution in [0.5, 0.6) is 0 Å². The first-order valence-corrected chi connectivity index (χ1v) is 6.66. The molecule has 0 saturated heterocycles. The molecule has 0 aromatic carbocycles. The van der Waals surface area contributed by atoms with Gasteiger partial charge in [0, 0.05) is 21.7 Å². The van der Waals surface area contributed by atoms with Crippen molar-refractivity contribution >= 4 is 44.6 Å². The summed E-state index contributed by atoms with van der Waals surface area (Å²) >= 11 is 10.9. The van der Waals surface area contributed by atoms with Gasteiger partial charge in [0.05, 0.1) is 12.2 Å². The lowest BCUT2D eigenvalue weighted by molar-refractivity contribution is 1.07. The van der Waals surface area contributed by atoms with E-state index >= 15 is 0 Å². The van der Waals surface area contributed by atoms with Gasteiger partial charge < -0.3 is 5.32 Å². The van der Waals surface area contributed by atoms with E-state index in [2.05, 4.69) is 31.2 Å². The Bertz CT molecular complexity index is 501. The van der Waals surface area contributed by atoms with E-state index < -0.39 is 0 Å². The molecule has 6 heteroatoms. The van der Waals surface area contributed by atoms with Gasteiger partial charge in [0.2, 0.25) is 0 Å². The summed E-state index contributed by atoms with van der Waals surface area (Å²) in [6, 6.07) is 1.90. The minimum absolute atomic E-state index is 0.469. The molecule has 0 aliphatic rings. The molecule has 0 aliphatic carbocycles. The summed E-state index contributed by atoms with van der Waals surface area (Å²) in [5.74, 6) is 0. The standard InChI is InChI=1S/C10H9BrClN3S/c1-6-5-16-9(15-6)4-13-8-2-7(11)3-14-10(8)12/h2-3,5,13H,4H2,1H3. The predicted molar refractivity (Wildman–Crippen MR) is 71.1 cm³/mol. The van der Waals surface area contributed by atoms with Crippen molar-refractivity contribution in [1.82, 2.24) is 9.97 Å². The average molecular weight is 319 g/mol. The summed E-state index contributed by atoms with van der Waals surface area (Å²) < 4.78 is 0.898. The zero-order valence-corrected chi connectivity index (χ0v) is 11.7. The van der Waals surface area contributed by atoms with Crippen LogP contribution in [0.2, 0.25) is 5.15 Å². The van der Waals surface area contributed by atoms with Crippen molar-refractivity contribution in [1.29, 1.82) is 0 Å². The van der Waals surface area contributed by atoms with Crippen LogP contribution in [0, 0.1) is 6.92 Å². The van der Waals surface area contributed by atoms with Crippen LogP contribution in [0.1, 0.15) is 10.7 Å². The van der Waals surface area contributed by atoms with Gasteiger partial charge >= 0.3 is 0 Å². The second-order valence-electron chi connectivity index (χ2n) is 3.23. The summed E-state index contributed by atoms with van der Waals surface area (Å²) in [5, 5.41) is 6.74. The SMILES string of the molecule is Cc1csc(CNc2cc(Br)cnc2Cl)n1. The van der Waals surface area contributed by atoms with Crippen LogP contribution in [0.25, 0.3) is 0 Å². The van der Waals surface area contributed by atoms with Crippen LogP contribution in [-0.4, -0.2) is 9.97 Å². The minimum Gasteiger partial charge on any atom is -0.376 e. The highest BCUT2D eigenvalue weighted by atomic mass is 79.9. The van der Waals surface area contributed by atoms with E-state index in [9.17, 15) is 0 Å². The Hall–Kier alpha value is -0.650. The van der Waals surface area contributed by atoms with Crippen LogP contribution in [0.3, 0.4) is 0 Å².